The summed E-state index contributed by atoms with van der Waals surface area (Å²) in [6, 6.07) is 10.9. The smallest absolute Gasteiger partial charge is 0.251 e. The van der Waals surface area contributed by atoms with Gasteiger partial charge in [-0.05, 0) is 29.6 Å². The van der Waals surface area contributed by atoms with E-state index in [1.807, 2.05) is 23.6 Å². The number of benzene rings is 1. The van der Waals surface area contributed by atoms with E-state index in [1.165, 1.54) is 11.3 Å². The molecule has 0 saturated heterocycles. The highest BCUT2D eigenvalue weighted by Crippen LogP contribution is 2.18. The Kier molecular flexibility index (Phi) is 4.52. The van der Waals surface area contributed by atoms with Crippen molar-refractivity contribution in [3.63, 3.8) is 0 Å². The SMILES string of the molecule is O=C(NC[C@H](O)c1cccs1)c1cccc(Br)c1. The minimum absolute atomic E-state index is 0.188. The Morgan fingerprint density at radius 2 is 2.22 bits per heavy atom. The lowest BCUT2D eigenvalue weighted by Gasteiger charge is -2.10. The second-order valence-electron chi connectivity index (χ2n) is 3.75. The molecule has 1 heterocycles. The van der Waals surface area contributed by atoms with E-state index < -0.39 is 6.10 Å². The van der Waals surface area contributed by atoms with E-state index in [4.69, 9.17) is 0 Å². The van der Waals surface area contributed by atoms with Crippen LogP contribution in [0.1, 0.15) is 21.3 Å². The Bertz CT molecular complexity index is 528. The summed E-state index contributed by atoms with van der Waals surface area (Å²) >= 11 is 4.79. The molecule has 1 aromatic carbocycles. The number of aliphatic hydroxyl groups is 1. The van der Waals surface area contributed by atoms with Crippen LogP contribution in [0.5, 0.6) is 0 Å². The third-order valence-electron chi connectivity index (χ3n) is 2.41. The molecule has 0 unspecified atom stereocenters. The molecule has 0 aliphatic rings. The molecule has 0 aliphatic carbocycles. The number of thiophene rings is 1. The largest absolute Gasteiger partial charge is 0.386 e. The fraction of sp³-hybridized carbons (Fsp3) is 0.154. The summed E-state index contributed by atoms with van der Waals surface area (Å²) in [7, 11) is 0. The number of nitrogens with one attached hydrogen (secondary N) is 1. The lowest BCUT2D eigenvalue weighted by Crippen LogP contribution is -2.28. The first-order valence-corrected chi connectivity index (χ1v) is 7.09. The molecule has 1 atom stereocenters. The van der Waals surface area contributed by atoms with Crippen molar-refractivity contribution in [2.24, 2.45) is 0 Å². The lowest BCUT2D eigenvalue weighted by atomic mass is 10.2. The average molecular weight is 326 g/mol. The molecule has 1 aromatic heterocycles. The van der Waals surface area contributed by atoms with Gasteiger partial charge < -0.3 is 10.4 Å². The van der Waals surface area contributed by atoms with Crippen molar-refractivity contribution in [3.8, 4) is 0 Å². The summed E-state index contributed by atoms with van der Waals surface area (Å²) < 4.78 is 0.856. The summed E-state index contributed by atoms with van der Waals surface area (Å²) in [6.45, 7) is 0.214. The summed E-state index contributed by atoms with van der Waals surface area (Å²) in [5.74, 6) is -0.188. The van der Waals surface area contributed by atoms with Crippen LogP contribution in [-0.4, -0.2) is 17.6 Å². The van der Waals surface area contributed by atoms with Gasteiger partial charge in [-0.2, -0.15) is 0 Å². The van der Waals surface area contributed by atoms with Crippen LogP contribution in [0.25, 0.3) is 0 Å². The number of rotatable bonds is 4. The van der Waals surface area contributed by atoms with Crippen LogP contribution < -0.4 is 5.32 Å². The van der Waals surface area contributed by atoms with Gasteiger partial charge in [-0.25, -0.2) is 0 Å². The molecular formula is C13H12BrNO2S. The highest BCUT2D eigenvalue weighted by Gasteiger charge is 2.11. The topological polar surface area (TPSA) is 49.3 Å². The minimum atomic E-state index is -0.652. The van der Waals surface area contributed by atoms with E-state index in [2.05, 4.69) is 21.2 Å². The van der Waals surface area contributed by atoms with Crippen molar-refractivity contribution >= 4 is 33.2 Å². The third kappa shape index (κ3) is 3.41. The van der Waals surface area contributed by atoms with Gasteiger partial charge in [0.05, 0.1) is 0 Å². The molecule has 1 amide bonds. The number of hydrogen-bond acceptors (Lipinski definition) is 3. The molecule has 0 radical (unpaired) electrons. The Hall–Kier alpha value is -1.17. The zero-order valence-electron chi connectivity index (χ0n) is 9.47. The number of carbonyl (C=O) groups is 1. The molecule has 94 valence electrons. The van der Waals surface area contributed by atoms with Crippen LogP contribution in [0.4, 0.5) is 0 Å². The van der Waals surface area contributed by atoms with Gasteiger partial charge in [-0.1, -0.05) is 28.1 Å². The highest BCUT2D eigenvalue weighted by atomic mass is 79.9. The fourth-order valence-electron chi connectivity index (χ4n) is 1.50. The maximum atomic E-state index is 11.8. The van der Waals surface area contributed by atoms with Crippen LogP contribution >= 0.6 is 27.3 Å². The van der Waals surface area contributed by atoms with Gasteiger partial charge in [0.2, 0.25) is 0 Å². The van der Waals surface area contributed by atoms with E-state index in [-0.39, 0.29) is 12.5 Å². The first kappa shape index (κ1) is 13.3. The molecule has 3 nitrogen and oxygen atoms in total. The summed E-state index contributed by atoms with van der Waals surface area (Å²) in [6.07, 6.45) is -0.652. The maximum absolute atomic E-state index is 11.8. The number of halogens is 1. The molecule has 0 fully saturated rings. The minimum Gasteiger partial charge on any atom is -0.386 e. The summed E-state index contributed by atoms with van der Waals surface area (Å²) in [5.41, 5.74) is 0.572. The Balaban J connectivity index is 1.92. The molecule has 18 heavy (non-hydrogen) atoms. The standard InChI is InChI=1S/C13H12BrNO2S/c14-10-4-1-3-9(7-10)13(17)15-8-11(16)12-5-2-6-18-12/h1-7,11,16H,8H2,(H,15,17)/t11-/m0/s1. The quantitative estimate of drug-likeness (QED) is 0.907. The molecule has 0 bridgehead atoms. The summed E-state index contributed by atoms with van der Waals surface area (Å²) in [5, 5.41) is 14.5. The molecule has 0 spiro atoms. The zero-order chi connectivity index (χ0) is 13.0. The van der Waals surface area contributed by atoms with Crippen LogP contribution in [0.3, 0.4) is 0 Å². The molecule has 0 aliphatic heterocycles. The molecule has 2 N–H and O–H groups in total. The monoisotopic (exact) mass is 325 g/mol. The van der Waals surface area contributed by atoms with Crippen molar-refractivity contribution in [2.75, 3.05) is 6.54 Å². The summed E-state index contributed by atoms with van der Waals surface area (Å²) in [4.78, 5) is 12.7. The zero-order valence-corrected chi connectivity index (χ0v) is 11.9. The Labute approximate surface area is 118 Å². The Morgan fingerprint density at radius 1 is 1.39 bits per heavy atom. The molecular weight excluding hydrogens is 314 g/mol. The first-order valence-electron chi connectivity index (χ1n) is 5.42. The molecule has 2 rings (SSSR count). The highest BCUT2D eigenvalue weighted by molar-refractivity contribution is 9.10. The van der Waals surface area contributed by atoms with Crippen molar-refractivity contribution in [1.29, 1.82) is 0 Å². The average Bonchev–Trinajstić information content (AvgIpc) is 2.89. The number of carbonyl (C=O) groups excluding carboxylic acids is 1. The van der Waals surface area contributed by atoms with Gasteiger partial charge in [0.1, 0.15) is 6.10 Å². The fourth-order valence-corrected chi connectivity index (χ4v) is 2.61. The maximum Gasteiger partial charge on any atom is 0.251 e. The van der Waals surface area contributed by atoms with E-state index >= 15 is 0 Å². The van der Waals surface area contributed by atoms with Crippen molar-refractivity contribution < 1.29 is 9.90 Å². The molecule has 0 saturated carbocycles. The van der Waals surface area contributed by atoms with Gasteiger partial charge in [0.15, 0.2) is 0 Å². The molecule has 2 aromatic rings. The predicted octanol–water partition coefficient (Wildman–Crippen LogP) is 2.97. The van der Waals surface area contributed by atoms with Crippen LogP contribution in [0.15, 0.2) is 46.3 Å². The van der Waals surface area contributed by atoms with Crippen LogP contribution in [0, 0.1) is 0 Å². The predicted molar refractivity (Wildman–Crippen MR) is 75.8 cm³/mol. The lowest BCUT2D eigenvalue weighted by molar-refractivity contribution is 0.0918. The van der Waals surface area contributed by atoms with Crippen molar-refractivity contribution in [3.05, 3.63) is 56.7 Å². The van der Waals surface area contributed by atoms with Crippen molar-refractivity contribution in [2.45, 2.75) is 6.10 Å². The first-order chi connectivity index (χ1) is 8.66. The van der Waals surface area contributed by atoms with Gasteiger partial charge in [0, 0.05) is 21.5 Å². The number of aliphatic hydroxyl groups excluding tert-OH is 1. The second kappa shape index (κ2) is 6.13. The van der Waals surface area contributed by atoms with Crippen molar-refractivity contribution in [1.82, 2.24) is 5.32 Å². The van der Waals surface area contributed by atoms with Gasteiger partial charge in [-0.15, -0.1) is 11.3 Å². The van der Waals surface area contributed by atoms with E-state index in [9.17, 15) is 9.90 Å². The van der Waals surface area contributed by atoms with Crippen LogP contribution in [-0.2, 0) is 0 Å². The van der Waals surface area contributed by atoms with Gasteiger partial charge in [0.25, 0.3) is 5.91 Å². The van der Waals surface area contributed by atoms with E-state index in [0.717, 1.165) is 9.35 Å². The van der Waals surface area contributed by atoms with E-state index in [0.29, 0.717) is 5.56 Å². The Morgan fingerprint density at radius 3 is 2.89 bits per heavy atom. The van der Waals surface area contributed by atoms with Gasteiger partial charge in [-0.3, -0.25) is 4.79 Å². The molecule has 5 heteroatoms. The third-order valence-corrected chi connectivity index (χ3v) is 3.88. The van der Waals surface area contributed by atoms with E-state index in [1.54, 1.807) is 18.2 Å². The van der Waals surface area contributed by atoms with Crippen LogP contribution in [0.2, 0.25) is 0 Å². The number of amides is 1. The second-order valence-corrected chi connectivity index (χ2v) is 5.65. The number of hydrogen-bond donors (Lipinski definition) is 2. The normalized spacial score (nSPS) is 12.1. The van der Waals surface area contributed by atoms with Gasteiger partial charge >= 0.3 is 0 Å².